The lowest BCUT2D eigenvalue weighted by molar-refractivity contribution is 0.0944. The molecule has 0 saturated heterocycles. The number of aryl methyl sites for hydroxylation is 1. The summed E-state index contributed by atoms with van der Waals surface area (Å²) in [4.78, 5) is 19.1. The van der Waals surface area contributed by atoms with Gasteiger partial charge in [-0.05, 0) is 55.3 Å². The van der Waals surface area contributed by atoms with Crippen molar-refractivity contribution in [1.29, 1.82) is 0 Å². The maximum atomic E-state index is 12.8. The molecule has 0 spiro atoms. The van der Waals surface area contributed by atoms with Gasteiger partial charge in [-0.2, -0.15) is 0 Å². The van der Waals surface area contributed by atoms with Crippen molar-refractivity contribution in [3.8, 4) is 11.5 Å². The molecule has 6 heteroatoms. The van der Waals surface area contributed by atoms with Crippen LogP contribution < -0.4 is 14.8 Å². The van der Waals surface area contributed by atoms with E-state index in [-0.39, 0.29) is 11.9 Å². The van der Waals surface area contributed by atoms with Crippen molar-refractivity contribution in [2.45, 2.75) is 19.9 Å². The van der Waals surface area contributed by atoms with Gasteiger partial charge in [-0.1, -0.05) is 18.2 Å². The first kappa shape index (κ1) is 17.9. The Labute approximate surface area is 172 Å². The molecular formula is C23H20N2O3S. The highest BCUT2D eigenvalue weighted by Gasteiger charge is 2.18. The number of hydrogen-bond donors (Lipinski definition) is 1. The number of aromatic nitrogens is 1. The summed E-state index contributed by atoms with van der Waals surface area (Å²) in [6.45, 7) is 5.12. The van der Waals surface area contributed by atoms with Gasteiger partial charge in [0.15, 0.2) is 11.5 Å². The summed E-state index contributed by atoms with van der Waals surface area (Å²) in [5, 5.41) is 5.15. The Bertz CT molecular complexity index is 1250. The molecule has 5 rings (SSSR count). The van der Waals surface area contributed by atoms with Gasteiger partial charge >= 0.3 is 0 Å². The minimum atomic E-state index is -0.154. The van der Waals surface area contributed by atoms with Crippen LogP contribution in [0, 0.1) is 6.92 Å². The third kappa shape index (κ3) is 3.40. The standard InChI is InChI=1S/C23H20N2O3S/c1-13-3-4-16-10-17-12-21(29-23(17)25-18(16)9-13)22(26)24-14(2)15-5-6-19-20(11-15)28-8-7-27-19/h3-6,9-12,14H,7-8H2,1-2H3,(H,24,26)/t14-/m0/s1. The zero-order valence-electron chi connectivity index (χ0n) is 16.2. The van der Waals surface area contributed by atoms with Crippen LogP contribution in [0.15, 0.2) is 48.5 Å². The van der Waals surface area contributed by atoms with Crippen molar-refractivity contribution in [3.63, 3.8) is 0 Å². The van der Waals surface area contributed by atoms with Crippen LogP contribution in [-0.4, -0.2) is 24.1 Å². The Balaban J connectivity index is 1.39. The number of amides is 1. The molecule has 0 unspecified atom stereocenters. The van der Waals surface area contributed by atoms with Gasteiger partial charge in [0, 0.05) is 10.8 Å². The maximum Gasteiger partial charge on any atom is 0.261 e. The van der Waals surface area contributed by atoms with Crippen molar-refractivity contribution < 1.29 is 14.3 Å². The van der Waals surface area contributed by atoms with E-state index in [0.29, 0.717) is 18.1 Å². The van der Waals surface area contributed by atoms with E-state index < -0.39 is 0 Å². The maximum absolute atomic E-state index is 12.8. The predicted molar refractivity (Wildman–Crippen MR) is 115 cm³/mol. The molecule has 1 atom stereocenters. The molecule has 0 saturated carbocycles. The quantitative estimate of drug-likeness (QED) is 0.521. The molecule has 2 aromatic carbocycles. The van der Waals surface area contributed by atoms with Crippen LogP contribution in [0.25, 0.3) is 21.1 Å². The third-order valence-electron chi connectivity index (χ3n) is 5.10. The van der Waals surface area contributed by atoms with E-state index in [1.165, 1.54) is 16.9 Å². The van der Waals surface area contributed by atoms with Crippen LogP contribution in [0.3, 0.4) is 0 Å². The molecule has 29 heavy (non-hydrogen) atoms. The Morgan fingerprint density at radius 1 is 1.03 bits per heavy atom. The normalized spacial score (nSPS) is 14.1. The van der Waals surface area contributed by atoms with E-state index in [9.17, 15) is 4.79 Å². The molecule has 1 aliphatic rings. The minimum Gasteiger partial charge on any atom is -0.486 e. The van der Waals surface area contributed by atoms with Crippen LogP contribution in [-0.2, 0) is 0 Å². The summed E-state index contributed by atoms with van der Waals surface area (Å²) in [5.74, 6) is 1.37. The summed E-state index contributed by atoms with van der Waals surface area (Å²) in [7, 11) is 0. The van der Waals surface area contributed by atoms with Crippen molar-refractivity contribution in [2.75, 3.05) is 13.2 Å². The number of nitrogens with one attached hydrogen (secondary N) is 1. The van der Waals surface area contributed by atoms with Gasteiger partial charge in [0.1, 0.15) is 18.0 Å². The van der Waals surface area contributed by atoms with Gasteiger partial charge in [-0.15, -0.1) is 11.3 Å². The Hall–Kier alpha value is -3.12. The van der Waals surface area contributed by atoms with Crippen molar-refractivity contribution >= 4 is 38.4 Å². The second kappa shape index (κ2) is 7.04. The van der Waals surface area contributed by atoms with E-state index in [1.807, 2.05) is 31.2 Å². The first-order valence-corrected chi connectivity index (χ1v) is 10.4. The van der Waals surface area contributed by atoms with Gasteiger partial charge in [0.25, 0.3) is 5.91 Å². The number of ether oxygens (including phenoxy) is 2. The largest absolute Gasteiger partial charge is 0.486 e. The van der Waals surface area contributed by atoms with E-state index in [4.69, 9.17) is 14.5 Å². The molecule has 2 aromatic heterocycles. The summed E-state index contributed by atoms with van der Waals surface area (Å²) < 4.78 is 11.2. The van der Waals surface area contributed by atoms with E-state index >= 15 is 0 Å². The smallest absolute Gasteiger partial charge is 0.261 e. The number of hydrogen-bond acceptors (Lipinski definition) is 5. The number of fused-ring (bicyclic) bond motifs is 3. The number of thiophene rings is 1. The number of rotatable bonds is 3. The number of carbonyl (C=O) groups is 1. The lowest BCUT2D eigenvalue weighted by Crippen LogP contribution is -2.26. The SMILES string of the molecule is Cc1ccc2cc3cc(C(=O)N[C@@H](C)c4ccc5c(c4)OCCO5)sc3nc2c1. The van der Waals surface area contributed by atoms with Crippen molar-refractivity contribution in [2.24, 2.45) is 0 Å². The Kier molecular flexibility index (Phi) is 4.36. The minimum absolute atomic E-state index is 0.101. The van der Waals surface area contributed by atoms with Gasteiger partial charge in [-0.3, -0.25) is 4.79 Å². The van der Waals surface area contributed by atoms with Crippen molar-refractivity contribution in [3.05, 3.63) is 64.5 Å². The Morgan fingerprint density at radius 2 is 1.86 bits per heavy atom. The molecule has 1 N–H and O–H groups in total. The summed E-state index contributed by atoms with van der Waals surface area (Å²) in [6.07, 6.45) is 0. The molecule has 0 bridgehead atoms. The van der Waals surface area contributed by atoms with Crippen molar-refractivity contribution in [1.82, 2.24) is 10.3 Å². The molecular weight excluding hydrogens is 384 g/mol. The molecule has 0 fully saturated rings. The summed E-state index contributed by atoms with van der Waals surface area (Å²) in [5.41, 5.74) is 3.10. The van der Waals surface area contributed by atoms with Crippen LogP contribution in [0.4, 0.5) is 0 Å². The summed E-state index contributed by atoms with van der Waals surface area (Å²) >= 11 is 1.42. The van der Waals surface area contributed by atoms with E-state index in [0.717, 1.165) is 38.2 Å². The topological polar surface area (TPSA) is 60.5 Å². The predicted octanol–water partition coefficient (Wildman–Crippen LogP) is 5.02. The molecule has 0 aliphatic carbocycles. The molecule has 146 valence electrons. The fraction of sp³-hybridized carbons (Fsp3) is 0.217. The molecule has 0 radical (unpaired) electrons. The zero-order chi connectivity index (χ0) is 20.0. The fourth-order valence-electron chi connectivity index (χ4n) is 3.53. The van der Waals surface area contributed by atoms with Gasteiger partial charge < -0.3 is 14.8 Å². The monoisotopic (exact) mass is 404 g/mol. The second-order valence-corrected chi connectivity index (χ2v) is 8.32. The molecule has 1 aliphatic heterocycles. The number of nitrogens with zero attached hydrogens (tertiary/aromatic N) is 1. The lowest BCUT2D eigenvalue weighted by Gasteiger charge is -2.21. The number of pyridine rings is 1. The van der Waals surface area contributed by atoms with Gasteiger partial charge in [-0.25, -0.2) is 4.98 Å². The lowest BCUT2D eigenvalue weighted by atomic mass is 10.1. The molecule has 1 amide bonds. The molecule has 3 heterocycles. The molecule has 4 aromatic rings. The third-order valence-corrected chi connectivity index (χ3v) is 6.14. The van der Waals surface area contributed by atoms with Crippen LogP contribution >= 0.6 is 11.3 Å². The highest BCUT2D eigenvalue weighted by Crippen LogP contribution is 2.33. The van der Waals surface area contributed by atoms with Crippen LogP contribution in [0.5, 0.6) is 11.5 Å². The average Bonchev–Trinajstić information content (AvgIpc) is 3.14. The van der Waals surface area contributed by atoms with Gasteiger partial charge in [0.05, 0.1) is 16.4 Å². The average molecular weight is 404 g/mol. The van der Waals surface area contributed by atoms with Crippen LogP contribution in [0.1, 0.15) is 33.8 Å². The zero-order valence-corrected chi connectivity index (χ0v) is 17.0. The first-order chi connectivity index (χ1) is 14.1. The Morgan fingerprint density at radius 3 is 2.72 bits per heavy atom. The van der Waals surface area contributed by atoms with Crippen LogP contribution in [0.2, 0.25) is 0 Å². The first-order valence-electron chi connectivity index (χ1n) is 9.58. The number of benzene rings is 2. The molecule has 5 nitrogen and oxygen atoms in total. The van der Waals surface area contributed by atoms with Gasteiger partial charge in [0.2, 0.25) is 0 Å². The number of carbonyl (C=O) groups excluding carboxylic acids is 1. The summed E-state index contributed by atoms with van der Waals surface area (Å²) in [6, 6.07) is 15.8. The fourth-order valence-corrected chi connectivity index (χ4v) is 4.45. The highest BCUT2D eigenvalue weighted by molar-refractivity contribution is 7.20. The second-order valence-electron chi connectivity index (χ2n) is 7.29. The van der Waals surface area contributed by atoms with E-state index in [1.54, 1.807) is 0 Å². The van der Waals surface area contributed by atoms with E-state index in [2.05, 4.69) is 36.5 Å². The highest BCUT2D eigenvalue weighted by atomic mass is 32.1.